The Labute approximate surface area is 179 Å². The quantitative estimate of drug-likeness (QED) is 0.619. The first-order chi connectivity index (χ1) is 14.2. The minimum atomic E-state index is -4.08. The van der Waals surface area contributed by atoms with Crippen molar-refractivity contribution in [2.45, 2.75) is 44.6 Å². The lowest BCUT2D eigenvalue weighted by Crippen LogP contribution is -2.43. The second-order valence-electron chi connectivity index (χ2n) is 7.12. The lowest BCUT2D eigenvalue weighted by Gasteiger charge is -2.26. The summed E-state index contributed by atoms with van der Waals surface area (Å²) in [5, 5.41) is 2.87. The Kier molecular flexibility index (Phi) is 8.11. The van der Waals surface area contributed by atoms with Crippen LogP contribution in [0.2, 0.25) is 0 Å². The van der Waals surface area contributed by atoms with Crippen LogP contribution in [0.25, 0.3) is 0 Å². The molecule has 2 rings (SSSR count). The van der Waals surface area contributed by atoms with Crippen molar-refractivity contribution in [3.63, 3.8) is 0 Å². The molecule has 0 bridgehead atoms. The molecule has 0 saturated carbocycles. The Balaban J connectivity index is 2.49. The third kappa shape index (κ3) is 5.66. The molecule has 1 amide bonds. The average Bonchev–Trinajstić information content (AvgIpc) is 2.72. The fraction of sp³-hybridized carbons (Fsp3) is 0.409. The lowest BCUT2D eigenvalue weighted by atomic mass is 10.2. The van der Waals surface area contributed by atoms with Gasteiger partial charge in [0.25, 0.3) is 10.0 Å². The van der Waals surface area contributed by atoms with Gasteiger partial charge in [-0.25, -0.2) is 8.42 Å². The van der Waals surface area contributed by atoms with Crippen LogP contribution in [0.1, 0.15) is 32.3 Å². The Bertz CT molecular complexity index is 958. The molecule has 1 N–H and O–H groups in total. The van der Waals surface area contributed by atoms with Gasteiger partial charge in [-0.3, -0.25) is 9.10 Å². The molecule has 0 saturated heterocycles. The van der Waals surface area contributed by atoms with E-state index < -0.39 is 10.0 Å². The summed E-state index contributed by atoms with van der Waals surface area (Å²) >= 11 is 0. The van der Waals surface area contributed by atoms with Crippen LogP contribution in [0.5, 0.6) is 11.5 Å². The molecule has 0 aliphatic heterocycles. The molecule has 30 heavy (non-hydrogen) atoms. The molecule has 0 aliphatic rings. The maximum Gasteiger partial charge on any atom is 0.268 e. The van der Waals surface area contributed by atoms with Gasteiger partial charge in [-0.1, -0.05) is 19.4 Å². The standard InChI is InChI=1S/C22H30N2O5S/c1-6-7-17(3)23-22(25)15-24(18-9-11-19(28-4)12-10-18)30(26,27)21-14-16(2)8-13-20(21)29-5/h8-14,17H,6-7,15H2,1-5H3,(H,23,25)/t17-/m1/s1. The number of hydrogen-bond acceptors (Lipinski definition) is 5. The monoisotopic (exact) mass is 434 g/mol. The van der Waals surface area contributed by atoms with Crippen LogP contribution >= 0.6 is 0 Å². The number of nitrogens with one attached hydrogen (secondary N) is 1. The van der Waals surface area contributed by atoms with Crippen molar-refractivity contribution in [2.75, 3.05) is 25.1 Å². The summed E-state index contributed by atoms with van der Waals surface area (Å²) in [6.07, 6.45) is 1.73. The van der Waals surface area contributed by atoms with Crippen molar-refractivity contribution in [3.8, 4) is 11.5 Å². The molecular weight excluding hydrogens is 404 g/mol. The van der Waals surface area contributed by atoms with E-state index in [1.54, 1.807) is 49.4 Å². The van der Waals surface area contributed by atoms with Crippen LogP contribution < -0.4 is 19.1 Å². The summed E-state index contributed by atoms with van der Waals surface area (Å²) in [5.41, 5.74) is 1.13. The molecule has 7 nitrogen and oxygen atoms in total. The van der Waals surface area contributed by atoms with Gasteiger partial charge in [0, 0.05) is 6.04 Å². The Morgan fingerprint density at radius 3 is 2.33 bits per heavy atom. The lowest BCUT2D eigenvalue weighted by molar-refractivity contribution is -0.120. The molecule has 1 atom stereocenters. The van der Waals surface area contributed by atoms with E-state index in [9.17, 15) is 13.2 Å². The van der Waals surface area contributed by atoms with Gasteiger partial charge in [0.1, 0.15) is 22.9 Å². The molecule has 164 valence electrons. The number of carbonyl (C=O) groups excluding carboxylic acids is 1. The highest BCUT2D eigenvalue weighted by atomic mass is 32.2. The zero-order valence-corrected chi connectivity index (χ0v) is 19.0. The van der Waals surface area contributed by atoms with Crippen molar-refractivity contribution in [3.05, 3.63) is 48.0 Å². The number of aryl methyl sites for hydroxylation is 1. The van der Waals surface area contributed by atoms with Crippen molar-refractivity contribution in [1.82, 2.24) is 5.32 Å². The maximum atomic E-state index is 13.6. The summed E-state index contributed by atoms with van der Waals surface area (Å²) in [7, 11) is -1.13. The molecular formula is C22H30N2O5S. The van der Waals surface area contributed by atoms with Gasteiger partial charge in [-0.15, -0.1) is 0 Å². The van der Waals surface area contributed by atoms with E-state index in [1.165, 1.54) is 14.2 Å². The number of methoxy groups -OCH3 is 2. The van der Waals surface area contributed by atoms with Gasteiger partial charge in [0.05, 0.1) is 19.9 Å². The second-order valence-corrected chi connectivity index (χ2v) is 8.95. The number of carbonyl (C=O) groups is 1. The predicted molar refractivity (Wildman–Crippen MR) is 118 cm³/mol. The van der Waals surface area contributed by atoms with E-state index in [4.69, 9.17) is 9.47 Å². The van der Waals surface area contributed by atoms with Crippen molar-refractivity contribution >= 4 is 21.6 Å². The van der Waals surface area contributed by atoms with Crippen LogP contribution in [0, 0.1) is 6.92 Å². The van der Waals surface area contributed by atoms with Gasteiger partial charge in [-0.05, 0) is 62.2 Å². The third-order valence-corrected chi connectivity index (χ3v) is 6.46. The molecule has 0 radical (unpaired) electrons. The topological polar surface area (TPSA) is 84.9 Å². The Morgan fingerprint density at radius 1 is 1.10 bits per heavy atom. The van der Waals surface area contributed by atoms with Gasteiger partial charge in [0.15, 0.2) is 0 Å². The summed E-state index contributed by atoms with van der Waals surface area (Å²) in [6, 6.07) is 11.4. The van der Waals surface area contributed by atoms with Crippen LogP contribution in [0.15, 0.2) is 47.4 Å². The van der Waals surface area contributed by atoms with Crippen molar-refractivity contribution in [1.29, 1.82) is 0 Å². The molecule has 2 aromatic carbocycles. The number of ether oxygens (including phenoxy) is 2. The molecule has 0 heterocycles. The molecule has 0 unspecified atom stereocenters. The SMILES string of the molecule is CCC[C@@H](C)NC(=O)CN(c1ccc(OC)cc1)S(=O)(=O)c1cc(C)ccc1OC. The van der Waals surface area contributed by atoms with E-state index in [0.29, 0.717) is 11.4 Å². The van der Waals surface area contributed by atoms with Crippen LogP contribution in [-0.2, 0) is 14.8 Å². The van der Waals surface area contributed by atoms with E-state index in [2.05, 4.69) is 5.32 Å². The predicted octanol–water partition coefficient (Wildman–Crippen LogP) is 3.51. The van der Waals surface area contributed by atoms with Gasteiger partial charge < -0.3 is 14.8 Å². The van der Waals surface area contributed by atoms with Crippen LogP contribution in [0.4, 0.5) is 5.69 Å². The Morgan fingerprint density at radius 2 is 1.77 bits per heavy atom. The largest absolute Gasteiger partial charge is 0.497 e. The zero-order chi connectivity index (χ0) is 22.3. The first-order valence-corrected chi connectivity index (χ1v) is 11.3. The van der Waals surface area contributed by atoms with Crippen LogP contribution in [-0.4, -0.2) is 41.1 Å². The molecule has 0 fully saturated rings. The molecule has 0 spiro atoms. The van der Waals surface area contributed by atoms with E-state index in [-0.39, 0.29) is 29.1 Å². The number of benzene rings is 2. The maximum absolute atomic E-state index is 13.6. The number of nitrogens with zero attached hydrogens (tertiary/aromatic N) is 1. The van der Waals surface area contributed by atoms with Gasteiger partial charge in [-0.2, -0.15) is 0 Å². The van der Waals surface area contributed by atoms with Crippen LogP contribution in [0.3, 0.4) is 0 Å². The van der Waals surface area contributed by atoms with Crippen molar-refractivity contribution in [2.24, 2.45) is 0 Å². The summed E-state index contributed by atoms with van der Waals surface area (Å²) in [4.78, 5) is 12.7. The minimum absolute atomic E-state index is 0.00947. The number of rotatable bonds is 10. The number of amides is 1. The molecule has 0 aromatic heterocycles. The highest BCUT2D eigenvalue weighted by Gasteiger charge is 2.30. The number of hydrogen-bond donors (Lipinski definition) is 1. The fourth-order valence-corrected chi connectivity index (χ4v) is 4.79. The highest BCUT2D eigenvalue weighted by molar-refractivity contribution is 7.93. The van der Waals surface area contributed by atoms with Gasteiger partial charge >= 0.3 is 0 Å². The zero-order valence-electron chi connectivity index (χ0n) is 18.1. The number of anilines is 1. The summed E-state index contributed by atoms with van der Waals surface area (Å²) in [5.74, 6) is 0.436. The second kappa shape index (κ2) is 10.3. The minimum Gasteiger partial charge on any atom is -0.497 e. The van der Waals surface area contributed by atoms with Gasteiger partial charge in [0.2, 0.25) is 5.91 Å². The molecule has 2 aromatic rings. The molecule has 8 heteroatoms. The van der Waals surface area contributed by atoms with E-state index >= 15 is 0 Å². The molecule has 0 aliphatic carbocycles. The fourth-order valence-electron chi connectivity index (χ4n) is 3.12. The first-order valence-electron chi connectivity index (χ1n) is 9.83. The smallest absolute Gasteiger partial charge is 0.268 e. The third-order valence-electron chi connectivity index (χ3n) is 4.66. The van der Waals surface area contributed by atoms with E-state index in [0.717, 1.165) is 22.7 Å². The van der Waals surface area contributed by atoms with E-state index in [1.807, 2.05) is 13.8 Å². The average molecular weight is 435 g/mol. The normalized spacial score (nSPS) is 12.2. The summed E-state index contributed by atoms with van der Waals surface area (Å²) in [6.45, 7) is 5.38. The first kappa shape index (κ1) is 23.5. The number of sulfonamides is 1. The van der Waals surface area contributed by atoms with Crippen molar-refractivity contribution < 1.29 is 22.7 Å². The Hall–Kier alpha value is -2.74. The highest BCUT2D eigenvalue weighted by Crippen LogP contribution is 2.31. The summed E-state index contributed by atoms with van der Waals surface area (Å²) < 4.78 is 38.7.